The summed E-state index contributed by atoms with van der Waals surface area (Å²) in [5.74, 6) is 0.803. The van der Waals surface area contributed by atoms with E-state index in [0.717, 1.165) is 22.4 Å². The minimum Gasteiger partial charge on any atom is -0.748 e. The molecule has 1 N–H and O–H groups in total. The van der Waals surface area contributed by atoms with Crippen LogP contribution in [0.15, 0.2) is 109 Å². The van der Waals surface area contributed by atoms with Gasteiger partial charge in [-0.2, -0.15) is 12.1 Å². The molecule has 0 heterocycles. The van der Waals surface area contributed by atoms with Crippen LogP contribution in [-0.4, -0.2) is 5.11 Å². The van der Waals surface area contributed by atoms with Gasteiger partial charge in [-0.05, 0) is 23.3 Å². The van der Waals surface area contributed by atoms with E-state index in [4.69, 9.17) is 4.74 Å². The first kappa shape index (κ1) is 20.7. The molecule has 0 bridgehead atoms. The van der Waals surface area contributed by atoms with Crippen LogP contribution in [0.25, 0.3) is 0 Å². The molecule has 0 aliphatic rings. The maximum atomic E-state index is 10.2. The number of benzene rings is 2. The van der Waals surface area contributed by atoms with E-state index in [2.05, 4.69) is 0 Å². The Morgan fingerprint density at radius 2 is 1.33 bits per heavy atom. The van der Waals surface area contributed by atoms with Crippen molar-refractivity contribution >= 4 is 0 Å². The third kappa shape index (κ3) is 6.58. The first-order valence-corrected chi connectivity index (χ1v) is 8.66. The fourth-order valence-electron chi connectivity index (χ4n) is 2.57. The topological polar surface area (TPSA) is 29.5 Å². The average molecular weight is 398 g/mol. The molecule has 0 aromatic heterocycles. The SMILES string of the molecule is OC(c1ccc(OCc2ccccc2)cc1)[c-]1cccc1.[Fe].[cH-]1[cH-][cH-][cH-][cH-]1. The van der Waals surface area contributed by atoms with Gasteiger partial charge in [0.25, 0.3) is 0 Å². The first-order chi connectivity index (χ1) is 12.8. The molecule has 3 heteroatoms. The van der Waals surface area contributed by atoms with Crippen LogP contribution in [-0.2, 0) is 23.7 Å². The molecule has 0 radical (unpaired) electrons. The van der Waals surface area contributed by atoms with E-state index in [0.29, 0.717) is 6.61 Å². The van der Waals surface area contributed by atoms with E-state index in [9.17, 15) is 5.11 Å². The molecule has 2 nitrogen and oxygen atoms in total. The smallest absolute Gasteiger partial charge is 0.119 e. The number of aliphatic hydroxyl groups excluding tert-OH is 1. The van der Waals surface area contributed by atoms with E-state index in [1.165, 1.54) is 0 Å². The predicted molar refractivity (Wildman–Crippen MR) is 105 cm³/mol. The van der Waals surface area contributed by atoms with Crippen LogP contribution in [0.3, 0.4) is 0 Å². The van der Waals surface area contributed by atoms with Crippen molar-refractivity contribution in [3.8, 4) is 5.75 Å². The zero-order valence-corrected chi connectivity index (χ0v) is 16.0. The summed E-state index contributed by atoms with van der Waals surface area (Å²) < 4.78 is 5.74. The molecule has 0 aliphatic carbocycles. The molecule has 27 heavy (non-hydrogen) atoms. The van der Waals surface area contributed by atoms with Crippen molar-refractivity contribution in [1.82, 2.24) is 0 Å². The monoisotopic (exact) mass is 398 g/mol. The Kier molecular flexibility index (Phi) is 8.60. The minimum atomic E-state index is -0.580. The Hall–Kier alpha value is -2.58. The van der Waals surface area contributed by atoms with Crippen molar-refractivity contribution in [1.29, 1.82) is 0 Å². The second kappa shape index (κ2) is 11.2. The number of ether oxygens (including phenoxy) is 1. The van der Waals surface area contributed by atoms with Crippen molar-refractivity contribution in [3.63, 3.8) is 0 Å². The maximum Gasteiger partial charge on any atom is 0.119 e. The fraction of sp³-hybridized carbons (Fsp3) is 0.0833. The van der Waals surface area contributed by atoms with Gasteiger partial charge < -0.3 is 40.2 Å². The second-order valence-electron chi connectivity index (χ2n) is 5.93. The molecule has 4 rings (SSSR count). The Morgan fingerprint density at radius 1 is 0.778 bits per heavy atom. The van der Waals surface area contributed by atoms with Gasteiger partial charge in [0.15, 0.2) is 0 Å². The summed E-state index contributed by atoms with van der Waals surface area (Å²) in [4.78, 5) is 0. The molecule has 0 saturated carbocycles. The maximum absolute atomic E-state index is 10.2. The third-order valence-electron chi connectivity index (χ3n) is 4.00. The summed E-state index contributed by atoms with van der Waals surface area (Å²) in [6.45, 7) is 0.547. The Balaban J connectivity index is 0.000000379. The zero-order valence-electron chi connectivity index (χ0n) is 14.9. The van der Waals surface area contributed by atoms with Gasteiger partial charge in [0, 0.05) is 17.1 Å². The van der Waals surface area contributed by atoms with Crippen LogP contribution in [0, 0.1) is 0 Å². The van der Waals surface area contributed by atoms with Gasteiger partial charge in [0.05, 0.1) is 6.10 Å². The molecule has 144 valence electrons. The Labute approximate surface area is 171 Å². The number of hydrogen-bond donors (Lipinski definition) is 1. The standard InChI is InChI=1S/C19H17O2.C5H5.Fe/c20-19(16-8-4-5-9-16)17-10-12-18(13-11-17)21-14-15-6-2-1-3-7-15;1-2-4-5-3-1;/h1-13,19-20H,14H2;1-5H;/q-1;-5;. The molecular weight excluding hydrogens is 376 g/mol. The normalized spacial score (nSPS) is 10.9. The van der Waals surface area contributed by atoms with Crippen LogP contribution in [0.2, 0.25) is 0 Å². The second-order valence-corrected chi connectivity index (χ2v) is 5.93. The van der Waals surface area contributed by atoms with Gasteiger partial charge in [0.2, 0.25) is 0 Å². The van der Waals surface area contributed by atoms with Gasteiger partial charge in [0.1, 0.15) is 12.4 Å². The van der Waals surface area contributed by atoms with Crippen LogP contribution < -0.4 is 4.74 Å². The summed E-state index contributed by atoms with van der Waals surface area (Å²) >= 11 is 0. The minimum absolute atomic E-state index is 0. The first-order valence-electron chi connectivity index (χ1n) is 8.66. The molecule has 4 aromatic rings. The molecule has 0 amide bonds. The van der Waals surface area contributed by atoms with Crippen molar-refractivity contribution in [2.24, 2.45) is 0 Å². The summed E-state index contributed by atoms with van der Waals surface area (Å²) in [6, 6.07) is 35.3. The largest absolute Gasteiger partial charge is 0.748 e. The van der Waals surface area contributed by atoms with Crippen LogP contribution in [0.5, 0.6) is 5.75 Å². The van der Waals surface area contributed by atoms with E-state index in [1.54, 1.807) is 0 Å². The molecule has 1 unspecified atom stereocenters. The van der Waals surface area contributed by atoms with Crippen LogP contribution >= 0.6 is 0 Å². The third-order valence-corrected chi connectivity index (χ3v) is 4.00. The number of aliphatic hydroxyl groups is 1. The van der Waals surface area contributed by atoms with Gasteiger partial charge in [-0.25, -0.2) is 12.1 Å². The van der Waals surface area contributed by atoms with Gasteiger partial charge >= 0.3 is 0 Å². The fourth-order valence-corrected chi connectivity index (χ4v) is 2.57. The van der Waals surface area contributed by atoms with Crippen molar-refractivity contribution in [2.45, 2.75) is 12.7 Å². The zero-order chi connectivity index (χ0) is 18.0. The van der Waals surface area contributed by atoms with Gasteiger partial charge in [-0.15, -0.1) is 5.56 Å². The molecule has 0 aliphatic heterocycles. The average Bonchev–Trinajstić information content (AvgIpc) is 3.44. The summed E-state index contributed by atoms with van der Waals surface area (Å²) in [5, 5.41) is 10.2. The van der Waals surface area contributed by atoms with Gasteiger partial charge in [-0.3, -0.25) is 0 Å². The van der Waals surface area contributed by atoms with E-state index in [1.807, 2.05) is 109 Å². The van der Waals surface area contributed by atoms with Crippen molar-refractivity contribution < 1.29 is 26.9 Å². The molecule has 0 fully saturated rings. The summed E-state index contributed by atoms with van der Waals surface area (Å²) in [5.41, 5.74) is 2.92. The quantitative estimate of drug-likeness (QED) is 0.357. The summed E-state index contributed by atoms with van der Waals surface area (Å²) in [7, 11) is 0. The Morgan fingerprint density at radius 3 is 1.89 bits per heavy atom. The van der Waals surface area contributed by atoms with Crippen molar-refractivity contribution in [3.05, 3.63) is 126 Å². The molecule has 0 saturated heterocycles. The van der Waals surface area contributed by atoms with Gasteiger partial charge in [-0.1, -0.05) is 42.5 Å². The van der Waals surface area contributed by atoms with E-state index in [-0.39, 0.29) is 17.1 Å². The molecular formula is C24H22FeO2-6. The molecule has 0 spiro atoms. The summed E-state index contributed by atoms with van der Waals surface area (Å²) in [6.07, 6.45) is -0.580. The predicted octanol–water partition coefficient (Wildman–Crippen LogP) is 5.47. The molecule has 1 atom stereocenters. The van der Waals surface area contributed by atoms with E-state index < -0.39 is 6.10 Å². The Bertz CT molecular complexity index is 818. The number of hydrogen-bond acceptors (Lipinski definition) is 2. The van der Waals surface area contributed by atoms with Crippen LogP contribution in [0.4, 0.5) is 0 Å². The van der Waals surface area contributed by atoms with E-state index >= 15 is 0 Å². The molecule has 4 aromatic carbocycles. The van der Waals surface area contributed by atoms with Crippen molar-refractivity contribution in [2.75, 3.05) is 0 Å². The number of rotatable bonds is 5. The van der Waals surface area contributed by atoms with Crippen LogP contribution in [0.1, 0.15) is 22.8 Å².